The zero-order valence-electron chi connectivity index (χ0n) is 31.8. The van der Waals surface area contributed by atoms with Crippen LogP contribution in [0.4, 0.5) is 119 Å². The molecule has 0 atom stereocenters. The Morgan fingerprint density at radius 1 is 0.318 bits per heavy atom. The first-order chi connectivity index (χ1) is 29.3. The first kappa shape index (κ1) is 55.5. The largest absolute Gasteiger partial charge is 0.416 e. The molecule has 4 aromatic rings. The molecule has 366 valence electrons. The predicted molar refractivity (Wildman–Crippen MR) is 185 cm³/mol. The summed E-state index contributed by atoms with van der Waals surface area (Å²) in [4.78, 5) is 0. The molecule has 0 N–H and O–H groups in total. The van der Waals surface area contributed by atoms with E-state index in [-0.39, 0.29) is 16.6 Å². The van der Waals surface area contributed by atoms with Crippen LogP contribution in [0.5, 0.6) is 0 Å². The fourth-order valence-corrected chi connectivity index (χ4v) is 6.99. The summed E-state index contributed by atoms with van der Waals surface area (Å²) < 4.78 is 375. The summed E-state index contributed by atoms with van der Waals surface area (Å²) in [6.07, 6.45) is -53.6. The van der Waals surface area contributed by atoms with Gasteiger partial charge in [-0.25, -0.2) is 4.39 Å². The Morgan fingerprint density at radius 3 is 0.561 bits per heavy atom. The molecule has 0 saturated carbocycles. The van der Waals surface area contributed by atoms with Gasteiger partial charge in [0.05, 0.1) is 57.0 Å². The second-order valence-corrected chi connectivity index (χ2v) is 16.3. The van der Waals surface area contributed by atoms with Crippen molar-refractivity contribution in [3.8, 4) is 0 Å². The highest BCUT2D eigenvalue weighted by molar-refractivity contribution is 7.95. The Hall–Kier alpha value is -4.86. The van der Waals surface area contributed by atoms with Gasteiger partial charge in [-0.1, -0.05) is 48.5 Å². The molecule has 0 saturated heterocycles. The van der Waals surface area contributed by atoms with Gasteiger partial charge >= 0.3 is 55.5 Å². The molecule has 66 heavy (non-hydrogen) atoms. The van der Waals surface area contributed by atoms with Gasteiger partial charge in [-0.2, -0.15) is 136 Å². The van der Waals surface area contributed by atoms with Crippen LogP contribution < -0.4 is 21.9 Å². The van der Waals surface area contributed by atoms with E-state index in [4.69, 9.17) is 0 Å². The molecule has 29 heteroatoms. The molecule has 0 bridgehead atoms. The van der Waals surface area contributed by atoms with Crippen LogP contribution in [0, 0.1) is 0 Å². The lowest BCUT2D eigenvalue weighted by atomic mass is 9.12. The average molecular weight is 1020 g/mol. The number of halogens is 27. The van der Waals surface area contributed by atoms with Crippen LogP contribution in [0.1, 0.15) is 44.5 Å². The molecule has 0 heterocycles. The fourth-order valence-electron chi connectivity index (χ4n) is 6.38. The summed E-state index contributed by atoms with van der Waals surface area (Å²) in [5.74, 6) is -1.41. The lowest BCUT2D eigenvalue weighted by Crippen LogP contribution is -2.75. The summed E-state index contributed by atoms with van der Waals surface area (Å²) in [7, 11) is -0.279. The van der Waals surface area contributed by atoms with Gasteiger partial charge in [-0.3, -0.25) is 0 Å². The highest BCUT2D eigenvalue weighted by atomic mass is 32.2. The molecule has 0 amide bonds. The second kappa shape index (κ2) is 18.3. The van der Waals surface area contributed by atoms with E-state index >= 15 is 0 Å². The Morgan fingerprint density at radius 2 is 0.470 bits per heavy atom. The number of alkyl halides is 24. The van der Waals surface area contributed by atoms with Crippen molar-refractivity contribution in [2.75, 3.05) is 18.3 Å². The SMILES string of the molecule is C[S+](C)CC(F)=C(F)F.FC(F)(F)c1cc([B-](c2cc(C(F)(F)F)cc(C(F)(F)F)c2)(c2cc(C(F)(F)F)cc(C(F)(F)F)c2)c2cc(C(F)(F)F)cc(C(F)(F)F)c2)cc(C(F)(F)F)c1. The van der Waals surface area contributed by atoms with Crippen LogP contribution in [0.15, 0.2) is 84.7 Å². The van der Waals surface area contributed by atoms with Gasteiger partial charge in [0.2, 0.25) is 5.83 Å². The summed E-state index contributed by atoms with van der Waals surface area (Å²) in [6, 6.07) is -8.81. The summed E-state index contributed by atoms with van der Waals surface area (Å²) in [5.41, 5.74) is -30.2. The van der Waals surface area contributed by atoms with Gasteiger partial charge < -0.3 is 0 Å². The van der Waals surface area contributed by atoms with Gasteiger partial charge in [0.25, 0.3) is 0 Å². The Labute approximate surface area is 354 Å². The van der Waals surface area contributed by atoms with Crippen LogP contribution in [-0.2, 0) is 60.3 Å². The van der Waals surface area contributed by atoms with E-state index in [0.717, 1.165) is 0 Å². The monoisotopic (exact) mass is 1020 g/mol. The third-order valence-corrected chi connectivity index (χ3v) is 9.89. The standard InChI is InChI=1S/C32H12BF24.C5H8F3S/c34-25(35,36)13-1-14(26(37,38)39)6-21(5-13)33(22-7-15(27(40,41)42)2-16(8-22)28(43,44)45,23-9-17(29(46,47)48)3-18(10-23)30(49,50)51)24-11-19(31(52,53)54)4-20(12-24)32(55,56)57;1-9(2)3-4(6)5(7)8/h1-12H;3H2,1-2H3/q-1;+1. The van der Waals surface area contributed by atoms with Crippen LogP contribution in [0.3, 0.4) is 0 Å². The van der Waals surface area contributed by atoms with Gasteiger partial charge in [-0.05, 0) is 35.2 Å². The number of rotatable bonds is 6. The molecule has 0 aliphatic rings. The molecule has 0 spiro atoms. The molecule has 0 radical (unpaired) electrons. The van der Waals surface area contributed by atoms with Crippen molar-refractivity contribution in [1.29, 1.82) is 0 Å². The third kappa shape index (κ3) is 13.2. The van der Waals surface area contributed by atoms with Crippen molar-refractivity contribution < 1.29 is 119 Å². The Balaban J connectivity index is 0.00000116. The van der Waals surface area contributed by atoms with E-state index in [1.165, 1.54) is 0 Å². The molecule has 0 nitrogen and oxygen atoms in total. The smallest absolute Gasteiger partial charge is 0.201 e. The van der Waals surface area contributed by atoms with Crippen molar-refractivity contribution in [3.63, 3.8) is 0 Å². The van der Waals surface area contributed by atoms with Crippen molar-refractivity contribution in [2.24, 2.45) is 0 Å². The quantitative estimate of drug-likeness (QED) is 0.103. The van der Waals surface area contributed by atoms with Crippen LogP contribution in [0.2, 0.25) is 0 Å². The van der Waals surface area contributed by atoms with Crippen LogP contribution in [-0.4, -0.2) is 24.4 Å². The number of hydrogen-bond donors (Lipinski definition) is 0. The number of hydrogen-bond acceptors (Lipinski definition) is 0. The van der Waals surface area contributed by atoms with Crippen molar-refractivity contribution >= 4 is 38.9 Å². The maximum atomic E-state index is 14.2. The van der Waals surface area contributed by atoms with E-state index in [9.17, 15) is 119 Å². The third-order valence-electron chi connectivity index (χ3n) is 9.06. The summed E-state index contributed by atoms with van der Waals surface area (Å²) in [5, 5.41) is 0. The van der Waals surface area contributed by atoms with Gasteiger partial charge in [0.1, 0.15) is 6.15 Å². The molecule has 0 aliphatic heterocycles. The maximum Gasteiger partial charge on any atom is 0.416 e. The first-order valence-corrected chi connectivity index (χ1v) is 19.1. The Kier molecular flexibility index (Phi) is 15.4. The van der Waals surface area contributed by atoms with Gasteiger partial charge in [-0.15, -0.1) is 0 Å². The normalized spacial score (nSPS) is 13.7. The van der Waals surface area contributed by atoms with Crippen molar-refractivity contribution in [1.82, 2.24) is 0 Å². The van der Waals surface area contributed by atoms with Gasteiger partial charge in [0.15, 0.2) is 5.75 Å². The topological polar surface area (TPSA) is 0 Å². The molecule has 4 rings (SSSR count). The van der Waals surface area contributed by atoms with E-state index in [0.29, 0.717) is 0 Å². The lowest BCUT2D eigenvalue weighted by Gasteiger charge is -2.46. The summed E-state index contributed by atoms with van der Waals surface area (Å²) >= 11 is 0. The van der Waals surface area contributed by atoms with E-state index < -0.39 is 207 Å². The predicted octanol–water partition coefficient (Wildman–Crippen LogP) is 13.2. The fraction of sp³-hybridized carbons (Fsp3) is 0.297. The average Bonchev–Trinajstić information content (AvgIpc) is 3.12. The zero-order valence-corrected chi connectivity index (χ0v) is 32.6. The van der Waals surface area contributed by atoms with Crippen LogP contribution in [0.25, 0.3) is 0 Å². The molecular weight excluding hydrogens is 1000 g/mol. The minimum atomic E-state index is -6.13. The summed E-state index contributed by atoms with van der Waals surface area (Å²) in [6.45, 7) is 0. The molecule has 0 unspecified atom stereocenters. The molecule has 4 aromatic carbocycles. The maximum absolute atomic E-state index is 14.2. The van der Waals surface area contributed by atoms with E-state index in [2.05, 4.69) is 0 Å². The van der Waals surface area contributed by atoms with E-state index in [1.54, 1.807) is 12.5 Å². The first-order valence-electron chi connectivity index (χ1n) is 16.9. The number of benzene rings is 4. The molecule has 0 aliphatic carbocycles. The van der Waals surface area contributed by atoms with Crippen molar-refractivity contribution in [2.45, 2.75) is 49.4 Å². The highest BCUT2D eigenvalue weighted by Gasteiger charge is 2.47. The zero-order chi connectivity index (χ0) is 51.4. The van der Waals surface area contributed by atoms with Gasteiger partial charge in [0, 0.05) is 0 Å². The molecular formula is C37H20BF27S. The van der Waals surface area contributed by atoms with Crippen molar-refractivity contribution in [3.05, 3.63) is 129 Å². The lowest BCUT2D eigenvalue weighted by molar-refractivity contribution is -0.144. The molecule has 0 aromatic heterocycles. The van der Waals surface area contributed by atoms with E-state index in [1.807, 2.05) is 0 Å². The molecule has 0 fully saturated rings. The highest BCUT2D eigenvalue weighted by Crippen LogP contribution is 2.41. The van der Waals surface area contributed by atoms with Crippen LogP contribution >= 0.6 is 0 Å². The minimum Gasteiger partial charge on any atom is -0.201 e. The Bertz CT molecular complexity index is 1960. The minimum absolute atomic E-state index is 0.137. The second-order valence-electron chi connectivity index (χ2n) is 14.0.